The first kappa shape index (κ1) is 21.4. The van der Waals surface area contributed by atoms with Crippen LogP contribution in [0.5, 0.6) is 0 Å². The molecule has 1 saturated heterocycles. The van der Waals surface area contributed by atoms with Gasteiger partial charge >= 0.3 is 0 Å². The van der Waals surface area contributed by atoms with Crippen molar-refractivity contribution < 1.29 is 9.13 Å². The molecule has 34 heavy (non-hydrogen) atoms. The van der Waals surface area contributed by atoms with Crippen LogP contribution in [0, 0.1) is 5.82 Å². The molecule has 1 aliphatic heterocycles. The van der Waals surface area contributed by atoms with Crippen LogP contribution in [0.3, 0.4) is 0 Å². The number of para-hydroxylation sites is 1. The third-order valence-corrected chi connectivity index (χ3v) is 7.29. The number of aromatic nitrogens is 5. The number of halogens is 1. The summed E-state index contributed by atoms with van der Waals surface area (Å²) in [5.74, 6) is 1.31. The van der Waals surface area contributed by atoms with Gasteiger partial charge in [-0.25, -0.2) is 9.07 Å². The topological polar surface area (TPSA) is 61.0 Å². The number of rotatable bonds is 6. The van der Waals surface area contributed by atoms with E-state index in [1.807, 2.05) is 22.9 Å². The number of benzene rings is 2. The first-order valence-electron chi connectivity index (χ1n) is 11.6. The summed E-state index contributed by atoms with van der Waals surface area (Å²) in [5, 5.41) is 14.9. The van der Waals surface area contributed by atoms with Crippen molar-refractivity contribution in [2.75, 3.05) is 31.2 Å². The Balaban J connectivity index is 1.31. The van der Waals surface area contributed by atoms with Gasteiger partial charge in [0.1, 0.15) is 5.82 Å². The van der Waals surface area contributed by atoms with E-state index in [4.69, 9.17) is 9.84 Å². The molecule has 0 amide bonds. The monoisotopic (exact) mass is 476 g/mol. The number of anilines is 1. The van der Waals surface area contributed by atoms with Crippen LogP contribution in [-0.4, -0.2) is 50.8 Å². The quantitative estimate of drug-likeness (QED) is 0.389. The highest BCUT2D eigenvalue weighted by Crippen LogP contribution is 2.33. The maximum Gasteiger partial charge on any atom is 0.232 e. The molecule has 7 nitrogen and oxygen atoms in total. The van der Waals surface area contributed by atoms with Crippen LogP contribution >= 0.6 is 11.8 Å². The van der Waals surface area contributed by atoms with Crippen molar-refractivity contribution in [3.63, 3.8) is 0 Å². The highest BCUT2D eigenvalue weighted by Gasteiger charge is 2.25. The van der Waals surface area contributed by atoms with Crippen molar-refractivity contribution in [2.24, 2.45) is 0 Å². The molecule has 0 saturated carbocycles. The largest absolute Gasteiger partial charge is 0.378 e. The molecule has 0 bridgehead atoms. The van der Waals surface area contributed by atoms with Crippen molar-refractivity contribution in [3.05, 3.63) is 77.4 Å². The lowest BCUT2D eigenvalue weighted by atomic mass is 10.2. The molecule has 4 aromatic rings. The Morgan fingerprint density at radius 2 is 1.71 bits per heavy atom. The minimum atomic E-state index is -0.236. The molecule has 174 valence electrons. The molecule has 0 spiro atoms. The lowest BCUT2D eigenvalue weighted by Gasteiger charge is -2.27. The van der Waals surface area contributed by atoms with Crippen molar-refractivity contribution in [1.29, 1.82) is 0 Å². The third-order valence-electron chi connectivity index (χ3n) is 6.35. The zero-order chi connectivity index (χ0) is 22.9. The van der Waals surface area contributed by atoms with Gasteiger partial charge in [-0.2, -0.15) is 5.10 Å². The van der Waals surface area contributed by atoms with Gasteiger partial charge in [0, 0.05) is 24.5 Å². The summed E-state index contributed by atoms with van der Waals surface area (Å²) < 4.78 is 23.1. The Morgan fingerprint density at radius 3 is 2.50 bits per heavy atom. The summed E-state index contributed by atoms with van der Waals surface area (Å²) >= 11 is 1.65. The number of morpholine rings is 1. The molecule has 9 heteroatoms. The van der Waals surface area contributed by atoms with Crippen LogP contribution in [0.2, 0.25) is 0 Å². The Labute approximate surface area is 201 Å². The highest BCUT2D eigenvalue weighted by atomic mass is 32.2. The van der Waals surface area contributed by atoms with Gasteiger partial charge in [0.25, 0.3) is 0 Å². The number of hydrogen-bond donors (Lipinski definition) is 0. The van der Waals surface area contributed by atoms with Crippen LogP contribution in [0.25, 0.3) is 11.4 Å². The number of ether oxygens (including phenoxy) is 1. The Morgan fingerprint density at radius 1 is 0.912 bits per heavy atom. The summed E-state index contributed by atoms with van der Waals surface area (Å²) in [5.41, 5.74) is 5.56. The smallest absolute Gasteiger partial charge is 0.232 e. The molecule has 1 fully saturated rings. The molecular weight excluding hydrogens is 451 g/mol. The summed E-state index contributed by atoms with van der Waals surface area (Å²) in [6, 6.07) is 16.8. The summed E-state index contributed by atoms with van der Waals surface area (Å²) in [6.07, 6.45) is 3.13. The van der Waals surface area contributed by atoms with Crippen LogP contribution in [0.1, 0.15) is 23.4 Å². The second-order valence-electron chi connectivity index (χ2n) is 8.46. The van der Waals surface area contributed by atoms with Crippen LogP contribution in [0.15, 0.2) is 59.8 Å². The molecule has 1 aliphatic carbocycles. The normalized spacial score (nSPS) is 15.6. The van der Waals surface area contributed by atoms with Gasteiger partial charge in [-0.05, 0) is 61.2 Å². The van der Waals surface area contributed by atoms with E-state index in [2.05, 4.69) is 31.8 Å². The van der Waals surface area contributed by atoms with Gasteiger partial charge in [0.15, 0.2) is 5.16 Å². The minimum Gasteiger partial charge on any atom is -0.378 e. The second kappa shape index (κ2) is 9.23. The molecular formula is C25H25FN6OS. The van der Waals surface area contributed by atoms with Crippen LogP contribution in [-0.2, 0) is 23.3 Å². The van der Waals surface area contributed by atoms with Gasteiger partial charge < -0.3 is 9.64 Å². The maximum absolute atomic E-state index is 13.4. The molecule has 6 rings (SSSR count). The van der Waals surface area contributed by atoms with Gasteiger partial charge in [0.2, 0.25) is 5.95 Å². The first-order chi connectivity index (χ1) is 16.8. The van der Waals surface area contributed by atoms with E-state index in [1.54, 1.807) is 23.9 Å². The summed E-state index contributed by atoms with van der Waals surface area (Å²) in [6.45, 7) is 2.98. The highest BCUT2D eigenvalue weighted by molar-refractivity contribution is 7.98. The van der Waals surface area contributed by atoms with E-state index in [9.17, 15) is 4.39 Å². The van der Waals surface area contributed by atoms with E-state index in [0.29, 0.717) is 19.0 Å². The fraction of sp³-hybridized carbons (Fsp3) is 0.320. The standard InChI is InChI=1S/C25H25FN6OS/c26-18-9-11-20(12-10-18)32-23-8-4-7-21(23)22(29-32)17-34-25-28-27-24(30-13-15-33-16-14-30)31(25)19-5-2-1-3-6-19/h1-3,5-6,9-12H,4,7-8,13-17H2. The lowest BCUT2D eigenvalue weighted by molar-refractivity contribution is 0.122. The second-order valence-corrected chi connectivity index (χ2v) is 9.40. The molecule has 2 aromatic carbocycles. The molecule has 0 N–H and O–H groups in total. The van der Waals surface area contributed by atoms with Crippen LogP contribution < -0.4 is 4.90 Å². The molecule has 0 atom stereocenters. The Bertz CT molecular complexity index is 1280. The summed E-state index contributed by atoms with van der Waals surface area (Å²) in [4.78, 5) is 2.23. The van der Waals surface area contributed by atoms with Crippen molar-refractivity contribution in [1.82, 2.24) is 24.5 Å². The Hall–Kier alpha value is -3.17. The fourth-order valence-corrected chi connectivity index (χ4v) is 5.60. The number of hydrogen-bond acceptors (Lipinski definition) is 6. The first-order valence-corrected chi connectivity index (χ1v) is 12.6. The van der Waals surface area contributed by atoms with Crippen molar-refractivity contribution >= 4 is 17.7 Å². The summed E-state index contributed by atoms with van der Waals surface area (Å²) in [7, 11) is 0. The average molecular weight is 477 g/mol. The van der Waals surface area contributed by atoms with E-state index < -0.39 is 0 Å². The van der Waals surface area contributed by atoms with E-state index in [0.717, 1.165) is 60.5 Å². The number of fused-ring (bicyclic) bond motifs is 1. The van der Waals surface area contributed by atoms with Crippen LogP contribution in [0.4, 0.5) is 10.3 Å². The molecule has 0 unspecified atom stereocenters. The molecule has 2 aliphatic rings. The van der Waals surface area contributed by atoms with E-state index in [-0.39, 0.29) is 5.82 Å². The fourth-order valence-electron chi connectivity index (χ4n) is 4.69. The molecule has 2 aromatic heterocycles. The Kier molecular flexibility index (Phi) is 5.80. The van der Waals surface area contributed by atoms with Gasteiger partial charge in [0.05, 0.1) is 30.3 Å². The zero-order valence-corrected chi connectivity index (χ0v) is 19.5. The van der Waals surface area contributed by atoms with Gasteiger partial charge in [-0.3, -0.25) is 4.57 Å². The van der Waals surface area contributed by atoms with Crippen molar-refractivity contribution in [2.45, 2.75) is 30.2 Å². The predicted molar refractivity (Wildman–Crippen MR) is 129 cm³/mol. The maximum atomic E-state index is 13.4. The minimum absolute atomic E-state index is 0.236. The molecule has 3 heterocycles. The van der Waals surface area contributed by atoms with Gasteiger partial charge in [-0.15, -0.1) is 10.2 Å². The van der Waals surface area contributed by atoms with E-state index >= 15 is 0 Å². The lowest BCUT2D eigenvalue weighted by Crippen LogP contribution is -2.37. The number of nitrogens with zero attached hydrogens (tertiary/aromatic N) is 6. The van der Waals surface area contributed by atoms with E-state index in [1.165, 1.54) is 23.4 Å². The predicted octanol–water partition coefficient (Wildman–Crippen LogP) is 4.21. The number of thioether (sulfide) groups is 1. The molecule has 0 radical (unpaired) electrons. The van der Waals surface area contributed by atoms with Crippen molar-refractivity contribution in [3.8, 4) is 11.4 Å². The average Bonchev–Trinajstić information content (AvgIpc) is 3.60. The zero-order valence-electron chi connectivity index (χ0n) is 18.7. The third kappa shape index (κ3) is 3.99. The SMILES string of the molecule is Fc1ccc(-n2nc(CSc3nnc(N4CCOCC4)n3-c3ccccc3)c3c2CCC3)cc1. The van der Waals surface area contributed by atoms with Gasteiger partial charge in [-0.1, -0.05) is 30.0 Å².